The normalized spacial score (nSPS) is 11.0. The maximum Gasteiger partial charge on any atom is 0.249 e. The second-order valence-electron chi connectivity index (χ2n) is 2.98. The molecule has 1 aromatic heterocycles. The minimum absolute atomic E-state index is 0.142. The summed E-state index contributed by atoms with van der Waals surface area (Å²) in [7, 11) is 0. The second kappa shape index (κ2) is 4.23. The smallest absolute Gasteiger partial charge is 0.249 e. The predicted molar refractivity (Wildman–Crippen MR) is 63.1 cm³/mol. The zero-order chi connectivity index (χ0) is 10.7. The molecular weight excluding hydrogens is 208 g/mol. The number of aromatic nitrogens is 1. The molecule has 15 heavy (non-hydrogen) atoms. The summed E-state index contributed by atoms with van der Waals surface area (Å²) in [6.45, 7) is 1.80. The van der Waals surface area contributed by atoms with E-state index in [2.05, 4.69) is 10.3 Å². The molecule has 1 amide bonds. The van der Waals surface area contributed by atoms with Crippen molar-refractivity contribution in [3.8, 4) is 0 Å². The zero-order valence-corrected chi connectivity index (χ0v) is 9.04. The summed E-state index contributed by atoms with van der Waals surface area (Å²) in [5.41, 5.74) is 0.915. The Morgan fingerprint density at radius 1 is 1.47 bits per heavy atom. The standard InChI is InChI=1S/C11H10N2OS/c1-2-5-10(14)13-11-12-8-6-3-4-7-9(8)15-11/h2-7H,1H3,(H,12,13,14). The maximum atomic E-state index is 11.3. The first-order valence-corrected chi connectivity index (χ1v) is 5.40. The molecule has 0 aliphatic carbocycles. The van der Waals surface area contributed by atoms with Gasteiger partial charge >= 0.3 is 0 Å². The van der Waals surface area contributed by atoms with Gasteiger partial charge in [0.25, 0.3) is 0 Å². The molecule has 3 nitrogen and oxygen atoms in total. The molecule has 0 spiro atoms. The minimum atomic E-state index is -0.142. The number of para-hydroxylation sites is 1. The molecule has 0 radical (unpaired) electrons. The van der Waals surface area contributed by atoms with Gasteiger partial charge in [-0.15, -0.1) is 0 Å². The van der Waals surface area contributed by atoms with Crippen LogP contribution in [0, 0.1) is 0 Å². The van der Waals surface area contributed by atoms with E-state index in [-0.39, 0.29) is 5.91 Å². The third-order valence-electron chi connectivity index (χ3n) is 1.84. The van der Waals surface area contributed by atoms with Gasteiger partial charge in [-0.2, -0.15) is 0 Å². The van der Waals surface area contributed by atoms with E-state index in [1.165, 1.54) is 17.4 Å². The first-order valence-electron chi connectivity index (χ1n) is 4.59. The number of carbonyl (C=O) groups is 1. The summed E-state index contributed by atoms with van der Waals surface area (Å²) in [5.74, 6) is -0.142. The van der Waals surface area contributed by atoms with Gasteiger partial charge in [-0.25, -0.2) is 4.98 Å². The van der Waals surface area contributed by atoms with Gasteiger partial charge in [0.2, 0.25) is 5.91 Å². The molecule has 0 fully saturated rings. The minimum Gasteiger partial charge on any atom is -0.298 e. The molecular formula is C11H10N2OS. The Morgan fingerprint density at radius 3 is 3.00 bits per heavy atom. The first kappa shape index (κ1) is 9.86. The summed E-state index contributed by atoms with van der Waals surface area (Å²) in [6, 6.07) is 7.80. The Labute approximate surface area is 91.5 Å². The lowest BCUT2D eigenvalue weighted by atomic mass is 10.3. The number of anilines is 1. The van der Waals surface area contributed by atoms with Crippen LogP contribution in [0.25, 0.3) is 10.2 Å². The van der Waals surface area contributed by atoms with E-state index in [0.29, 0.717) is 5.13 Å². The summed E-state index contributed by atoms with van der Waals surface area (Å²) >= 11 is 1.47. The lowest BCUT2D eigenvalue weighted by molar-refractivity contribution is -0.111. The number of allylic oxidation sites excluding steroid dienone is 1. The van der Waals surface area contributed by atoms with Crippen LogP contribution in [0.15, 0.2) is 36.4 Å². The highest BCUT2D eigenvalue weighted by atomic mass is 32.1. The molecule has 2 aromatic rings. The van der Waals surface area contributed by atoms with E-state index in [0.717, 1.165) is 10.2 Å². The van der Waals surface area contributed by atoms with Crippen molar-refractivity contribution < 1.29 is 4.79 Å². The van der Waals surface area contributed by atoms with E-state index in [1.54, 1.807) is 13.0 Å². The van der Waals surface area contributed by atoms with Crippen molar-refractivity contribution in [3.05, 3.63) is 36.4 Å². The molecule has 0 saturated heterocycles. The summed E-state index contributed by atoms with van der Waals surface area (Å²) in [5, 5.41) is 3.35. The van der Waals surface area contributed by atoms with Gasteiger partial charge in [-0.05, 0) is 25.1 Å². The highest BCUT2D eigenvalue weighted by Gasteiger charge is 2.04. The molecule has 1 aromatic carbocycles. The fraction of sp³-hybridized carbons (Fsp3) is 0.0909. The Balaban J connectivity index is 2.26. The van der Waals surface area contributed by atoms with Crippen LogP contribution in [0.1, 0.15) is 6.92 Å². The van der Waals surface area contributed by atoms with Crippen molar-refractivity contribution >= 4 is 32.6 Å². The third kappa shape index (κ3) is 2.22. The van der Waals surface area contributed by atoms with E-state index >= 15 is 0 Å². The Bertz CT molecular complexity index is 483. The molecule has 0 atom stereocenters. The molecule has 1 N–H and O–H groups in total. The fourth-order valence-corrected chi connectivity index (χ4v) is 2.09. The summed E-state index contributed by atoms with van der Waals surface area (Å²) < 4.78 is 1.08. The first-order chi connectivity index (χ1) is 7.29. The van der Waals surface area contributed by atoms with Crippen LogP contribution in [-0.2, 0) is 4.79 Å². The highest BCUT2D eigenvalue weighted by molar-refractivity contribution is 7.22. The number of carbonyl (C=O) groups excluding carboxylic acids is 1. The number of thiazole rings is 1. The third-order valence-corrected chi connectivity index (χ3v) is 2.79. The Morgan fingerprint density at radius 2 is 2.27 bits per heavy atom. The molecule has 1 heterocycles. The molecule has 2 rings (SSSR count). The van der Waals surface area contributed by atoms with Crippen molar-refractivity contribution in [1.29, 1.82) is 0 Å². The number of nitrogens with one attached hydrogen (secondary N) is 1. The van der Waals surface area contributed by atoms with Gasteiger partial charge in [0.15, 0.2) is 5.13 Å². The number of benzene rings is 1. The SMILES string of the molecule is CC=CC(=O)Nc1nc2ccccc2s1. The molecule has 76 valence electrons. The van der Waals surface area contributed by atoms with Crippen LogP contribution < -0.4 is 5.32 Å². The van der Waals surface area contributed by atoms with Crippen LogP contribution in [0.2, 0.25) is 0 Å². The fourth-order valence-electron chi connectivity index (χ4n) is 1.22. The van der Waals surface area contributed by atoms with Gasteiger partial charge in [0.1, 0.15) is 0 Å². The number of rotatable bonds is 2. The average Bonchev–Trinajstić information content (AvgIpc) is 2.59. The lowest BCUT2D eigenvalue weighted by Gasteiger charge is -1.93. The van der Waals surface area contributed by atoms with Crippen LogP contribution in [-0.4, -0.2) is 10.9 Å². The monoisotopic (exact) mass is 218 g/mol. The molecule has 0 unspecified atom stereocenters. The quantitative estimate of drug-likeness (QED) is 0.787. The number of amides is 1. The van der Waals surface area contributed by atoms with Crippen molar-refractivity contribution in [2.45, 2.75) is 6.92 Å². The Kier molecular flexibility index (Phi) is 2.78. The van der Waals surface area contributed by atoms with Gasteiger partial charge in [-0.3, -0.25) is 10.1 Å². The van der Waals surface area contributed by atoms with Gasteiger partial charge in [0.05, 0.1) is 10.2 Å². The van der Waals surface area contributed by atoms with Crippen molar-refractivity contribution in [3.63, 3.8) is 0 Å². The highest BCUT2D eigenvalue weighted by Crippen LogP contribution is 2.25. The van der Waals surface area contributed by atoms with Gasteiger partial charge in [-0.1, -0.05) is 29.5 Å². The zero-order valence-electron chi connectivity index (χ0n) is 8.23. The van der Waals surface area contributed by atoms with Crippen molar-refractivity contribution in [2.75, 3.05) is 5.32 Å². The van der Waals surface area contributed by atoms with Gasteiger partial charge in [0, 0.05) is 0 Å². The topological polar surface area (TPSA) is 42.0 Å². The van der Waals surface area contributed by atoms with Crippen molar-refractivity contribution in [1.82, 2.24) is 4.98 Å². The summed E-state index contributed by atoms with van der Waals surface area (Å²) in [4.78, 5) is 15.5. The van der Waals surface area contributed by atoms with Crippen LogP contribution >= 0.6 is 11.3 Å². The molecule has 0 bridgehead atoms. The van der Waals surface area contributed by atoms with Crippen molar-refractivity contribution in [2.24, 2.45) is 0 Å². The predicted octanol–water partition coefficient (Wildman–Crippen LogP) is 2.81. The summed E-state index contributed by atoms with van der Waals surface area (Å²) in [6.07, 6.45) is 3.18. The molecule has 4 heteroatoms. The van der Waals surface area contributed by atoms with E-state index in [9.17, 15) is 4.79 Å². The van der Waals surface area contributed by atoms with E-state index in [4.69, 9.17) is 0 Å². The number of hydrogen-bond acceptors (Lipinski definition) is 3. The average molecular weight is 218 g/mol. The molecule has 0 aliphatic heterocycles. The van der Waals surface area contributed by atoms with Crippen LogP contribution in [0.3, 0.4) is 0 Å². The number of nitrogens with zero attached hydrogens (tertiary/aromatic N) is 1. The van der Waals surface area contributed by atoms with Crippen LogP contribution in [0.5, 0.6) is 0 Å². The Hall–Kier alpha value is -1.68. The lowest BCUT2D eigenvalue weighted by Crippen LogP contribution is -2.06. The number of fused-ring (bicyclic) bond motifs is 1. The van der Waals surface area contributed by atoms with E-state index in [1.807, 2.05) is 24.3 Å². The molecule has 0 saturated carbocycles. The maximum absolute atomic E-state index is 11.3. The van der Waals surface area contributed by atoms with Gasteiger partial charge < -0.3 is 0 Å². The largest absolute Gasteiger partial charge is 0.298 e. The van der Waals surface area contributed by atoms with Crippen LogP contribution in [0.4, 0.5) is 5.13 Å². The van der Waals surface area contributed by atoms with E-state index < -0.39 is 0 Å². The number of hydrogen-bond donors (Lipinski definition) is 1. The second-order valence-corrected chi connectivity index (χ2v) is 4.01. The molecule has 0 aliphatic rings.